The summed E-state index contributed by atoms with van der Waals surface area (Å²) in [5.41, 5.74) is 2.28. The fourth-order valence-corrected chi connectivity index (χ4v) is 5.74. The van der Waals surface area contributed by atoms with Crippen LogP contribution in [-0.4, -0.2) is 31.1 Å². The van der Waals surface area contributed by atoms with Crippen molar-refractivity contribution in [3.8, 4) is 11.5 Å². The zero-order chi connectivity index (χ0) is 26.7. The van der Waals surface area contributed by atoms with Gasteiger partial charge in [0.1, 0.15) is 4.90 Å². The van der Waals surface area contributed by atoms with Crippen LogP contribution in [0.15, 0.2) is 70.5 Å². The molecule has 0 aromatic heterocycles. The van der Waals surface area contributed by atoms with E-state index in [1.165, 1.54) is 47.4 Å². The Hall–Kier alpha value is -2.98. The zero-order valence-electron chi connectivity index (χ0n) is 19.7. The van der Waals surface area contributed by atoms with Crippen molar-refractivity contribution < 1.29 is 26.9 Å². The minimum Gasteiger partial charge on any atom is -0.490 e. The van der Waals surface area contributed by atoms with E-state index in [4.69, 9.17) is 32.1 Å². The highest BCUT2D eigenvalue weighted by atomic mass is 35.5. The number of nitrogens with zero attached hydrogens (tertiary/aromatic N) is 1. The third-order valence-electron chi connectivity index (χ3n) is 5.39. The van der Waals surface area contributed by atoms with Crippen molar-refractivity contribution in [3.63, 3.8) is 0 Å². The van der Waals surface area contributed by atoms with Crippen molar-refractivity contribution in [1.29, 1.82) is 0 Å². The van der Waals surface area contributed by atoms with Crippen molar-refractivity contribution in [2.45, 2.75) is 25.3 Å². The Labute approximate surface area is 229 Å². The molecule has 1 heterocycles. The van der Waals surface area contributed by atoms with E-state index < -0.39 is 16.0 Å². The van der Waals surface area contributed by atoms with Crippen LogP contribution in [0.3, 0.4) is 0 Å². The van der Waals surface area contributed by atoms with Crippen LogP contribution in [0.4, 0.5) is 4.79 Å². The van der Waals surface area contributed by atoms with E-state index in [0.717, 1.165) is 22.9 Å². The molecule has 0 spiro atoms. The van der Waals surface area contributed by atoms with Gasteiger partial charge in [-0.3, -0.25) is 14.5 Å². The summed E-state index contributed by atoms with van der Waals surface area (Å²) in [6.07, 6.45) is 1.51. The molecule has 1 aliphatic heterocycles. The van der Waals surface area contributed by atoms with Gasteiger partial charge in [0.15, 0.2) is 5.75 Å². The van der Waals surface area contributed by atoms with Crippen molar-refractivity contribution in [2.24, 2.45) is 0 Å². The Balaban J connectivity index is 1.62. The van der Waals surface area contributed by atoms with Gasteiger partial charge in [-0.1, -0.05) is 47.5 Å². The van der Waals surface area contributed by atoms with Crippen molar-refractivity contribution in [3.05, 3.63) is 92.3 Å². The molecular weight excluding hydrogens is 557 g/mol. The molecule has 0 atom stereocenters. The molecule has 192 valence electrons. The Bertz CT molecular complexity index is 1500. The third kappa shape index (κ3) is 6.13. The Morgan fingerprint density at radius 2 is 1.73 bits per heavy atom. The molecule has 0 aliphatic carbocycles. The zero-order valence-corrected chi connectivity index (χ0v) is 22.9. The molecular formula is C26H21Cl2NO6S2. The molecule has 3 aromatic carbocycles. The molecule has 2 amide bonds. The minimum absolute atomic E-state index is 0.0473. The second kappa shape index (κ2) is 11.2. The van der Waals surface area contributed by atoms with Crippen LogP contribution in [0.5, 0.6) is 11.5 Å². The minimum atomic E-state index is -4.23. The molecule has 37 heavy (non-hydrogen) atoms. The van der Waals surface area contributed by atoms with E-state index >= 15 is 0 Å². The number of amides is 2. The lowest BCUT2D eigenvalue weighted by atomic mass is 10.1. The SMILES string of the molecule is CCOc1cc(/C=C2\SC(=O)N(Cc3ccccc3C)C2=O)cc(Cl)c1OS(=O)(=O)c1ccc(Cl)cc1. The number of carbonyl (C=O) groups excluding carboxylic acids is 2. The lowest BCUT2D eigenvalue weighted by molar-refractivity contribution is -0.123. The van der Waals surface area contributed by atoms with Crippen molar-refractivity contribution in [1.82, 2.24) is 4.90 Å². The van der Waals surface area contributed by atoms with Gasteiger partial charge in [-0.05, 0) is 84.8 Å². The highest BCUT2D eigenvalue weighted by Crippen LogP contribution is 2.40. The third-order valence-corrected chi connectivity index (χ3v) is 8.06. The van der Waals surface area contributed by atoms with Crippen molar-refractivity contribution >= 4 is 62.3 Å². The van der Waals surface area contributed by atoms with Gasteiger partial charge in [0.2, 0.25) is 5.75 Å². The van der Waals surface area contributed by atoms with Crippen LogP contribution in [0.1, 0.15) is 23.6 Å². The molecule has 0 saturated carbocycles. The fourth-order valence-electron chi connectivity index (χ4n) is 3.52. The maximum atomic E-state index is 13.0. The summed E-state index contributed by atoms with van der Waals surface area (Å²) in [4.78, 5) is 26.9. The number of thioether (sulfide) groups is 1. The second-order valence-corrected chi connectivity index (χ2v) is 11.3. The van der Waals surface area contributed by atoms with E-state index in [0.29, 0.717) is 10.6 Å². The lowest BCUT2D eigenvalue weighted by Crippen LogP contribution is -2.27. The number of hydrogen-bond acceptors (Lipinski definition) is 7. The molecule has 0 unspecified atom stereocenters. The Morgan fingerprint density at radius 1 is 1.03 bits per heavy atom. The smallest absolute Gasteiger partial charge is 0.339 e. The van der Waals surface area contributed by atoms with E-state index in [9.17, 15) is 18.0 Å². The molecule has 0 radical (unpaired) electrons. The molecule has 1 fully saturated rings. The monoisotopic (exact) mass is 577 g/mol. The number of benzene rings is 3. The van der Waals surface area contributed by atoms with E-state index in [2.05, 4.69) is 0 Å². The summed E-state index contributed by atoms with van der Waals surface area (Å²) in [5, 5.41) is -0.0572. The van der Waals surface area contributed by atoms with Gasteiger partial charge < -0.3 is 8.92 Å². The highest BCUT2D eigenvalue weighted by molar-refractivity contribution is 8.18. The van der Waals surface area contributed by atoms with Crippen LogP contribution >= 0.6 is 35.0 Å². The summed E-state index contributed by atoms with van der Waals surface area (Å²) in [7, 11) is -4.23. The van der Waals surface area contributed by atoms with Crippen LogP contribution < -0.4 is 8.92 Å². The highest BCUT2D eigenvalue weighted by Gasteiger charge is 2.35. The van der Waals surface area contributed by atoms with Crippen molar-refractivity contribution in [2.75, 3.05) is 6.61 Å². The summed E-state index contributed by atoms with van der Waals surface area (Å²) < 4.78 is 36.5. The van der Waals surface area contributed by atoms with Crippen LogP contribution in [0.25, 0.3) is 6.08 Å². The molecule has 3 aromatic rings. The first-order valence-corrected chi connectivity index (χ1v) is 14.0. The second-order valence-electron chi connectivity index (χ2n) is 7.95. The largest absolute Gasteiger partial charge is 0.490 e. The molecule has 1 saturated heterocycles. The summed E-state index contributed by atoms with van der Waals surface area (Å²) in [6.45, 7) is 3.99. The number of hydrogen-bond donors (Lipinski definition) is 0. The number of ether oxygens (including phenoxy) is 1. The first-order valence-electron chi connectivity index (χ1n) is 11.1. The number of aryl methyl sites for hydroxylation is 1. The predicted molar refractivity (Wildman–Crippen MR) is 145 cm³/mol. The van der Waals surface area contributed by atoms with Crippen LogP contribution in [0.2, 0.25) is 10.0 Å². The maximum Gasteiger partial charge on any atom is 0.339 e. The normalized spacial score (nSPS) is 14.9. The topological polar surface area (TPSA) is 90.0 Å². The average molecular weight is 578 g/mol. The fraction of sp³-hybridized carbons (Fsp3) is 0.154. The van der Waals surface area contributed by atoms with E-state index in [1.807, 2.05) is 31.2 Å². The molecule has 0 bridgehead atoms. The quantitative estimate of drug-likeness (QED) is 0.217. The molecule has 1 aliphatic rings. The first kappa shape index (κ1) is 27.1. The molecule has 11 heteroatoms. The summed E-state index contributed by atoms with van der Waals surface area (Å²) >= 11 is 13.1. The number of imide groups is 1. The molecule has 0 N–H and O–H groups in total. The molecule has 7 nitrogen and oxygen atoms in total. The number of halogens is 2. The van der Waals surface area contributed by atoms with Gasteiger partial charge in [0.05, 0.1) is 23.1 Å². The van der Waals surface area contributed by atoms with Gasteiger partial charge in [0.25, 0.3) is 11.1 Å². The number of carbonyl (C=O) groups is 2. The lowest BCUT2D eigenvalue weighted by Gasteiger charge is -2.15. The first-order chi connectivity index (χ1) is 17.6. The van der Waals surface area contributed by atoms with Crippen LogP contribution in [-0.2, 0) is 21.5 Å². The van der Waals surface area contributed by atoms with Gasteiger partial charge in [-0.2, -0.15) is 8.42 Å². The Morgan fingerprint density at radius 3 is 2.41 bits per heavy atom. The van der Waals surface area contributed by atoms with E-state index in [1.54, 1.807) is 6.92 Å². The van der Waals surface area contributed by atoms with Gasteiger partial charge in [-0.15, -0.1) is 0 Å². The van der Waals surface area contributed by atoms with Gasteiger partial charge in [0, 0.05) is 5.02 Å². The Kier molecular flexibility index (Phi) is 8.18. The van der Waals surface area contributed by atoms with Gasteiger partial charge >= 0.3 is 10.1 Å². The predicted octanol–water partition coefficient (Wildman–Crippen LogP) is 6.70. The van der Waals surface area contributed by atoms with Gasteiger partial charge in [-0.25, -0.2) is 0 Å². The van der Waals surface area contributed by atoms with E-state index in [-0.39, 0.29) is 44.7 Å². The summed E-state index contributed by atoms with van der Waals surface area (Å²) in [6, 6.07) is 15.9. The molecule has 4 rings (SSSR count). The maximum absolute atomic E-state index is 13.0. The average Bonchev–Trinajstić information content (AvgIpc) is 3.10. The van der Waals surface area contributed by atoms with Crippen LogP contribution in [0, 0.1) is 6.92 Å². The standard InChI is InChI=1S/C26H21Cl2NO6S2/c1-3-34-22-13-17(12-21(28)24(22)35-37(32,33)20-10-8-19(27)9-11-20)14-23-25(30)29(26(31)36-23)15-18-7-5-4-6-16(18)2/h4-14H,3,15H2,1-2H3/b23-14-. The number of rotatable bonds is 8. The summed E-state index contributed by atoms with van der Waals surface area (Å²) in [5.74, 6) is -0.556.